The molecular weight excluding hydrogens is 264 g/mol. The van der Waals surface area contributed by atoms with Crippen LogP contribution >= 0.6 is 0 Å². The predicted molar refractivity (Wildman–Crippen MR) is 78.4 cm³/mol. The summed E-state index contributed by atoms with van der Waals surface area (Å²) in [6.07, 6.45) is 6.62. The van der Waals surface area contributed by atoms with Gasteiger partial charge in [-0.1, -0.05) is 53.4 Å². The van der Waals surface area contributed by atoms with Crippen LogP contribution in [0.4, 0.5) is 0 Å². The third kappa shape index (κ3) is 11.4. The smallest absolute Gasteiger partial charge is 0.264 e. The molecule has 0 rings (SSSR count). The molecule has 0 aromatic rings. The Balaban J connectivity index is 4.30. The predicted octanol–water partition coefficient (Wildman–Crippen LogP) is 4.22. The molecule has 0 fully saturated rings. The molecule has 0 aliphatic carbocycles. The fraction of sp³-hybridized carbons (Fsp3) is 1.00. The van der Waals surface area contributed by atoms with Crippen molar-refractivity contribution in [3.05, 3.63) is 0 Å². The van der Waals surface area contributed by atoms with Crippen molar-refractivity contribution in [2.75, 3.05) is 0 Å². The molecular formula is C14H30O4S. The maximum Gasteiger partial charge on any atom is 0.397 e. The summed E-state index contributed by atoms with van der Waals surface area (Å²) in [6.45, 7) is 8.39. The van der Waals surface area contributed by atoms with E-state index in [1.807, 2.05) is 13.8 Å². The number of rotatable bonds is 11. The Morgan fingerprint density at radius 3 is 2.16 bits per heavy atom. The minimum atomic E-state index is -4.34. The van der Waals surface area contributed by atoms with Gasteiger partial charge in [0.1, 0.15) is 0 Å². The Bertz CT molecular complexity index is 311. The Morgan fingerprint density at radius 1 is 1.11 bits per heavy atom. The number of unbranched alkanes of at least 4 members (excludes halogenated alkanes) is 1. The molecule has 2 atom stereocenters. The highest BCUT2D eigenvalue weighted by Gasteiger charge is 2.20. The van der Waals surface area contributed by atoms with E-state index in [9.17, 15) is 8.42 Å². The van der Waals surface area contributed by atoms with Gasteiger partial charge in [-0.15, -0.1) is 0 Å². The molecule has 0 radical (unpaired) electrons. The summed E-state index contributed by atoms with van der Waals surface area (Å²) >= 11 is 0. The van der Waals surface area contributed by atoms with Crippen LogP contribution < -0.4 is 0 Å². The maximum absolute atomic E-state index is 10.8. The monoisotopic (exact) mass is 294 g/mol. The lowest BCUT2D eigenvalue weighted by Crippen LogP contribution is -2.21. The van der Waals surface area contributed by atoms with Crippen LogP contribution in [0.25, 0.3) is 0 Å². The Labute approximate surface area is 118 Å². The quantitative estimate of drug-likeness (QED) is 0.580. The largest absolute Gasteiger partial charge is 0.397 e. The van der Waals surface area contributed by atoms with Crippen LogP contribution in [0.3, 0.4) is 0 Å². The fourth-order valence-corrected chi connectivity index (χ4v) is 2.89. The summed E-state index contributed by atoms with van der Waals surface area (Å²) in [4.78, 5) is 0. The van der Waals surface area contributed by atoms with Gasteiger partial charge in [-0.2, -0.15) is 8.42 Å². The fourth-order valence-electron chi connectivity index (χ4n) is 2.37. The highest BCUT2D eigenvalue weighted by Crippen LogP contribution is 2.23. The number of hydrogen-bond acceptors (Lipinski definition) is 3. The first kappa shape index (κ1) is 18.9. The summed E-state index contributed by atoms with van der Waals surface area (Å²) in [5.41, 5.74) is 0. The van der Waals surface area contributed by atoms with E-state index in [0.717, 1.165) is 12.8 Å². The summed E-state index contributed by atoms with van der Waals surface area (Å²) in [5, 5.41) is 0. The van der Waals surface area contributed by atoms with Crippen LogP contribution in [-0.4, -0.2) is 19.1 Å². The molecule has 0 aromatic carbocycles. The van der Waals surface area contributed by atoms with Gasteiger partial charge in [-0.3, -0.25) is 4.55 Å². The molecule has 4 nitrogen and oxygen atoms in total. The van der Waals surface area contributed by atoms with Crippen molar-refractivity contribution < 1.29 is 17.2 Å². The van der Waals surface area contributed by atoms with E-state index in [1.54, 1.807) is 0 Å². The molecule has 19 heavy (non-hydrogen) atoms. The molecule has 0 amide bonds. The lowest BCUT2D eigenvalue weighted by Gasteiger charge is -2.21. The minimum Gasteiger partial charge on any atom is -0.264 e. The van der Waals surface area contributed by atoms with Crippen LogP contribution in [-0.2, 0) is 14.6 Å². The first-order valence-corrected chi connectivity index (χ1v) is 8.80. The van der Waals surface area contributed by atoms with Gasteiger partial charge in [0.05, 0.1) is 6.10 Å². The average molecular weight is 294 g/mol. The van der Waals surface area contributed by atoms with Gasteiger partial charge < -0.3 is 0 Å². The molecule has 0 unspecified atom stereocenters. The Kier molecular flexibility index (Phi) is 9.66. The lowest BCUT2D eigenvalue weighted by atomic mass is 9.91. The molecule has 0 heterocycles. The van der Waals surface area contributed by atoms with Crippen LogP contribution in [0, 0.1) is 11.8 Å². The zero-order valence-electron chi connectivity index (χ0n) is 12.8. The molecule has 0 aromatic heterocycles. The van der Waals surface area contributed by atoms with E-state index in [2.05, 4.69) is 13.8 Å². The lowest BCUT2D eigenvalue weighted by molar-refractivity contribution is 0.141. The molecule has 0 saturated heterocycles. The Hall–Kier alpha value is -0.130. The maximum atomic E-state index is 10.8. The average Bonchev–Trinajstić information content (AvgIpc) is 2.26. The molecule has 0 aliphatic rings. The van der Waals surface area contributed by atoms with Crippen molar-refractivity contribution in [1.29, 1.82) is 0 Å². The summed E-state index contributed by atoms with van der Waals surface area (Å²) in [6, 6.07) is 0. The van der Waals surface area contributed by atoms with Crippen molar-refractivity contribution in [3.63, 3.8) is 0 Å². The van der Waals surface area contributed by atoms with Gasteiger partial charge in [-0.05, 0) is 31.1 Å². The second-order valence-electron chi connectivity index (χ2n) is 5.77. The molecule has 0 spiro atoms. The Morgan fingerprint density at radius 2 is 1.74 bits per heavy atom. The van der Waals surface area contributed by atoms with E-state index in [0.29, 0.717) is 24.7 Å². The standard InChI is InChI=1S/C14H30O4S/c1-5-7-8-13(6-2)9-10-14(11-12(3)4)18-19(15,16)17/h12-14H,5-11H2,1-4H3,(H,15,16,17)/t13-,14+/m1/s1. The molecule has 5 heteroatoms. The van der Waals surface area contributed by atoms with Gasteiger partial charge >= 0.3 is 10.4 Å². The summed E-state index contributed by atoms with van der Waals surface area (Å²) < 4.78 is 35.3. The minimum absolute atomic E-state index is 0.350. The van der Waals surface area contributed by atoms with Crippen molar-refractivity contribution in [1.82, 2.24) is 0 Å². The van der Waals surface area contributed by atoms with E-state index >= 15 is 0 Å². The third-order valence-corrected chi connectivity index (χ3v) is 3.95. The third-order valence-electron chi connectivity index (χ3n) is 3.43. The summed E-state index contributed by atoms with van der Waals surface area (Å²) in [5.74, 6) is 0.974. The van der Waals surface area contributed by atoms with Gasteiger partial charge in [0.2, 0.25) is 0 Å². The van der Waals surface area contributed by atoms with E-state index in [4.69, 9.17) is 8.74 Å². The molecule has 1 N–H and O–H groups in total. The second kappa shape index (κ2) is 9.72. The van der Waals surface area contributed by atoms with Gasteiger partial charge in [0.15, 0.2) is 0 Å². The first-order valence-electron chi connectivity index (χ1n) is 7.44. The molecule has 0 aliphatic heterocycles. The van der Waals surface area contributed by atoms with Crippen LogP contribution in [0.15, 0.2) is 0 Å². The van der Waals surface area contributed by atoms with Crippen LogP contribution in [0.5, 0.6) is 0 Å². The normalized spacial score (nSPS) is 15.7. The van der Waals surface area contributed by atoms with E-state index < -0.39 is 16.5 Å². The second-order valence-corrected chi connectivity index (χ2v) is 6.82. The van der Waals surface area contributed by atoms with Crippen molar-refractivity contribution in [2.24, 2.45) is 11.8 Å². The van der Waals surface area contributed by atoms with Crippen LogP contribution in [0.1, 0.15) is 72.6 Å². The molecule has 0 saturated carbocycles. The first-order chi connectivity index (χ1) is 8.78. The van der Waals surface area contributed by atoms with Crippen molar-refractivity contribution in [2.45, 2.75) is 78.7 Å². The number of hydrogen-bond donors (Lipinski definition) is 1. The van der Waals surface area contributed by atoms with E-state index in [-0.39, 0.29) is 0 Å². The topological polar surface area (TPSA) is 63.6 Å². The van der Waals surface area contributed by atoms with Gasteiger partial charge in [0, 0.05) is 0 Å². The summed E-state index contributed by atoms with van der Waals surface area (Å²) in [7, 11) is -4.34. The van der Waals surface area contributed by atoms with E-state index in [1.165, 1.54) is 19.3 Å². The van der Waals surface area contributed by atoms with Crippen molar-refractivity contribution in [3.8, 4) is 0 Å². The molecule has 0 bridgehead atoms. The van der Waals surface area contributed by atoms with Crippen molar-refractivity contribution >= 4 is 10.4 Å². The highest BCUT2D eigenvalue weighted by molar-refractivity contribution is 7.80. The zero-order valence-corrected chi connectivity index (χ0v) is 13.6. The SMILES string of the molecule is CCCC[C@@H](CC)CC[C@@H](CC(C)C)OS(=O)(=O)O. The zero-order chi connectivity index (χ0) is 14.9. The highest BCUT2D eigenvalue weighted by atomic mass is 32.3. The molecule has 116 valence electrons. The van der Waals surface area contributed by atoms with Gasteiger partial charge in [-0.25, -0.2) is 4.18 Å². The van der Waals surface area contributed by atoms with Crippen LogP contribution in [0.2, 0.25) is 0 Å². The van der Waals surface area contributed by atoms with Gasteiger partial charge in [0.25, 0.3) is 0 Å².